The highest BCUT2D eigenvalue weighted by Crippen LogP contribution is 2.26. The maximum atomic E-state index is 13.1. The number of hydrogen-bond donors (Lipinski definition) is 1. The molecule has 0 aliphatic carbocycles. The zero-order valence-corrected chi connectivity index (χ0v) is 16.0. The molecule has 6 heteroatoms. The number of halogens is 2. The molecule has 0 saturated heterocycles. The number of carbonyl (C=O) groups is 1. The first-order chi connectivity index (χ1) is 14.1. The van der Waals surface area contributed by atoms with Crippen molar-refractivity contribution in [2.45, 2.75) is 6.54 Å². The van der Waals surface area contributed by atoms with Gasteiger partial charge in [0.2, 0.25) is 0 Å². The van der Waals surface area contributed by atoms with Crippen molar-refractivity contribution in [1.29, 1.82) is 0 Å². The third-order valence-electron chi connectivity index (χ3n) is 4.48. The zero-order valence-electron chi connectivity index (χ0n) is 15.2. The van der Waals surface area contributed by atoms with Crippen LogP contribution in [0.1, 0.15) is 15.9 Å². The Labute approximate surface area is 172 Å². The Hall–Kier alpha value is -3.44. The molecule has 0 saturated carbocycles. The number of aromatic nitrogens is 1. The summed E-state index contributed by atoms with van der Waals surface area (Å²) in [6, 6.07) is 17.0. The monoisotopic (exact) mass is 406 g/mol. The van der Waals surface area contributed by atoms with Gasteiger partial charge in [0.1, 0.15) is 11.6 Å². The van der Waals surface area contributed by atoms with Crippen LogP contribution in [-0.4, -0.2) is 10.9 Å². The quantitative estimate of drug-likeness (QED) is 0.460. The van der Waals surface area contributed by atoms with Gasteiger partial charge in [0.05, 0.1) is 11.8 Å². The minimum Gasteiger partial charge on any atom is -0.464 e. The maximum absolute atomic E-state index is 13.1. The fourth-order valence-electron chi connectivity index (χ4n) is 2.93. The summed E-state index contributed by atoms with van der Waals surface area (Å²) >= 11 is 6.38. The summed E-state index contributed by atoms with van der Waals surface area (Å²) in [7, 11) is 0. The number of carbonyl (C=O) groups excluding carboxylic acids is 1. The van der Waals surface area contributed by atoms with Gasteiger partial charge >= 0.3 is 0 Å². The molecule has 0 fully saturated rings. The number of amides is 1. The van der Waals surface area contributed by atoms with Crippen molar-refractivity contribution in [2.24, 2.45) is 0 Å². The predicted octanol–water partition coefficient (Wildman–Crippen LogP) is 5.73. The van der Waals surface area contributed by atoms with Gasteiger partial charge in [0.15, 0.2) is 0 Å². The number of nitrogens with one attached hydrogen (secondary N) is 1. The van der Waals surface area contributed by atoms with Crippen LogP contribution in [0, 0.1) is 5.82 Å². The fraction of sp³-hybridized carbons (Fsp3) is 0.0435. The van der Waals surface area contributed by atoms with Gasteiger partial charge < -0.3 is 9.73 Å². The Morgan fingerprint density at radius 3 is 2.52 bits per heavy atom. The summed E-state index contributed by atoms with van der Waals surface area (Å²) in [6.45, 7) is 0.270. The highest BCUT2D eigenvalue weighted by atomic mass is 35.5. The van der Waals surface area contributed by atoms with Gasteiger partial charge in [0.25, 0.3) is 5.91 Å². The molecule has 0 aliphatic heterocycles. The van der Waals surface area contributed by atoms with E-state index in [-0.39, 0.29) is 18.3 Å². The second-order valence-electron chi connectivity index (χ2n) is 6.44. The average molecular weight is 407 g/mol. The SMILES string of the molecule is O=C(NCc1ccc(-c2ccc(F)cc2)cc1Cl)c1cncc(-c2ccco2)c1. The molecule has 2 aromatic carbocycles. The minimum atomic E-state index is -0.287. The number of benzene rings is 2. The average Bonchev–Trinajstić information content (AvgIpc) is 3.28. The largest absolute Gasteiger partial charge is 0.464 e. The van der Waals surface area contributed by atoms with E-state index < -0.39 is 0 Å². The van der Waals surface area contributed by atoms with Crippen LogP contribution in [0.4, 0.5) is 4.39 Å². The molecule has 0 radical (unpaired) electrons. The molecule has 29 heavy (non-hydrogen) atoms. The predicted molar refractivity (Wildman–Crippen MR) is 110 cm³/mol. The number of furan rings is 1. The fourth-order valence-corrected chi connectivity index (χ4v) is 3.18. The lowest BCUT2D eigenvalue weighted by molar-refractivity contribution is 0.0950. The molecule has 1 N–H and O–H groups in total. The van der Waals surface area contributed by atoms with Gasteiger partial charge in [-0.2, -0.15) is 0 Å². The number of nitrogens with zero attached hydrogens (tertiary/aromatic N) is 1. The van der Waals surface area contributed by atoms with Gasteiger partial charge in [-0.1, -0.05) is 35.9 Å². The summed E-state index contributed by atoms with van der Waals surface area (Å²) in [4.78, 5) is 16.6. The van der Waals surface area contributed by atoms with Gasteiger partial charge in [-0.25, -0.2) is 4.39 Å². The Morgan fingerprint density at radius 2 is 1.79 bits per heavy atom. The van der Waals surface area contributed by atoms with E-state index in [2.05, 4.69) is 10.3 Å². The summed E-state index contributed by atoms with van der Waals surface area (Å²) in [5.74, 6) is 0.0981. The third-order valence-corrected chi connectivity index (χ3v) is 4.83. The lowest BCUT2D eigenvalue weighted by Crippen LogP contribution is -2.23. The van der Waals surface area contributed by atoms with Crippen LogP contribution in [0.15, 0.2) is 83.7 Å². The Balaban J connectivity index is 1.45. The molecule has 2 aromatic heterocycles. The third kappa shape index (κ3) is 4.36. The molecular weight excluding hydrogens is 391 g/mol. The van der Waals surface area contributed by atoms with E-state index in [4.69, 9.17) is 16.0 Å². The molecule has 0 atom stereocenters. The van der Waals surface area contributed by atoms with Crippen molar-refractivity contribution >= 4 is 17.5 Å². The number of pyridine rings is 1. The second kappa shape index (κ2) is 8.29. The van der Waals surface area contributed by atoms with Crippen molar-refractivity contribution in [2.75, 3.05) is 0 Å². The summed E-state index contributed by atoms with van der Waals surface area (Å²) in [5, 5.41) is 3.37. The van der Waals surface area contributed by atoms with Crippen LogP contribution < -0.4 is 5.32 Å². The lowest BCUT2D eigenvalue weighted by atomic mass is 10.0. The molecule has 0 aliphatic rings. The normalized spacial score (nSPS) is 10.7. The van der Waals surface area contributed by atoms with E-state index in [1.165, 1.54) is 18.3 Å². The molecule has 4 aromatic rings. The van der Waals surface area contributed by atoms with E-state index in [0.29, 0.717) is 16.3 Å². The Bertz CT molecular complexity index is 1140. The highest BCUT2D eigenvalue weighted by molar-refractivity contribution is 6.31. The van der Waals surface area contributed by atoms with Crippen LogP contribution in [0.5, 0.6) is 0 Å². The molecule has 4 nitrogen and oxygen atoms in total. The smallest absolute Gasteiger partial charge is 0.253 e. The van der Waals surface area contributed by atoms with Crippen LogP contribution in [0.25, 0.3) is 22.5 Å². The highest BCUT2D eigenvalue weighted by Gasteiger charge is 2.11. The van der Waals surface area contributed by atoms with Crippen molar-refractivity contribution in [3.05, 3.63) is 101 Å². The molecular formula is C23H16ClFN2O2. The second-order valence-corrected chi connectivity index (χ2v) is 6.84. The first-order valence-electron chi connectivity index (χ1n) is 8.91. The Kier molecular flexibility index (Phi) is 5.40. The van der Waals surface area contributed by atoms with Crippen molar-refractivity contribution < 1.29 is 13.6 Å². The minimum absolute atomic E-state index is 0.260. The van der Waals surface area contributed by atoms with E-state index in [1.807, 2.05) is 12.1 Å². The van der Waals surface area contributed by atoms with Gasteiger partial charge in [0, 0.05) is 29.5 Å². The first-order valence-corrected chi connectivity index (χ1v) is 9.29. The van der Waals surface area contributed by atoms with Crippen molar-refractivity contribution in [1.82, 2.24) is 10.3 Å². The van der Waals surface area contributed by atoms with Crippen LogP contribution >= 0.6 is 11.6 Å². The first kappa shape index (κ1) is 18.9. The molecule has 2 heterocycles. The number of rotatable bonds is 5. The van der Waals surface area contributed by atoms with E-state index >= 15 is 0 Å². The molecule has 4 rings (SSSR count). The molecule has 1 amide bonds. The van der Waals surface area contributed by atoms with E-state index in [1.54, 1.807) is 48.9 Å². The topological polar surface area (TPSA) is 55.1 Å². The molecule has 0 bridgehead atoms. The summed E-state index contributed by atoms with van der Waals surface area (Å²) in [6.07, 6.45) is 4.71. The zero-order chi connectivity index (χ0) is 20.2. The molecule has 0 unspecified atom stereocenters. The number of hydrogen-bond acceptors (Lipinski definition) is 3. The van der Waals surface area contributed by atoms with E-state index in [9.17, 15) is 9.18 Å². The maximum Gasteiger partial charge on any atom is 0.253 e. The van der Waals surface area contributed by atoms with Gasteiger partial charge in [-0.05, 0) is 53.1 Å². The van der Waals surface area contributed by atoms with Crippen LogP contribution in [0.3, 0.4) is 0 Å². The van der Waals surface area contributed by atoms with E-state index in [0.717, 1.165) is 22.3 Å². The van der Waals surface area contributed by atoms with Gasteiger partial charge in [-0.15, -0.1) is 0 Å². The van der Waals surface area contributed by atoms with Gasteiger partial charge in [-0.3, -0.25) is 9.78 Å². The summed E-state index contributed by atoms with van der Waals surface area (Å²) < 4.78 is 18.4. The molecule has 144 valence electrons. The standard InChI is InChI=1S/C23H16ClFN2O2/c24-21-11-16(15-5-7-20(25)8-6-15)3-4-17(21)14-27-23(28)19-10-18(12-26-13-19)22-2-1-9-29-22/h1-13H,14H2,(H,27,28). The van der Waals surface area contributed by atoms with Crippen LogP contribution in [0.2, 0.25) is 5.02 Å². The van der Waals surface area contributed by atoms with Crippen molar-refractivity contribution in [3.63, 3.8) is 0 Å². The lowest BCUT2D eigenvalue weighted by Gasteiger charge is -2.10. The Morgan fingerprint density at radius 1 is 1.00 bits per heavy atom. The molecule has 0 spiro atoms. The van der Waals surface area contributed by atoms with Crippen LogP contribution in [-0.2, 0) is 6.54 Å². The summed E-state index contributed by atoms with van der Waals surface area (Å²) in [5.41, 5.74) is 3.67. The van der Waals surface area contributed by atoms with Crippen molar-refractivity contribution in [3.8, 4) is 22.5 Å².